The lowest BCUT2D eigenvalue weighted by Crippen LogP contribution is -2.24. The number of aromatic nitrogens is 3. The van der Waals surface area contributed by atoms with E-state index in [-0.39, 0.29) is 11.7 Å². The first-order valence-electron chi connectivity index (χ1n) is 8.73. The lowest BCUT2D eigenvalue weighted by Gasteiger charge is -2.06. The molecule has 0 saturated carbocycles. The smallest absolute Gasteiger partial charge is 0.230 e. The fourth-order valence-electron chi connectivity index (χ4n) is 2.68. The molecule has 0 aliphatic carbocycles. The van der Waals surface area contributed by atoms with Gasteiger partial charge in [0.15, 0.2) is 0 Å². The summed E-state index contributed by atoms with van der Waals surface area (Å²) < 4.78 is 1.03. The molecule has 0 spiro atoms. The molecule has 0 radical (unpaired) electrons. The number of carbonyl (C=O) groups excluding carboxylic acids is 1. The standard InChI is InChI=1S/C20H18N4OS3/c1-12-5-7-14(8-6-12)10-21-16(25)11-27-20-18-19(28-13(2)22-18)17(23-24-20)15-4-3-9-26-15/h3-9H,10-11H2,1-2H3,(H,21,25). The molecule has 3 aromatic heterocycles. The SMILES string of the molecule is Cc1ccc(CNC(=O)CSc2nnc(-c3cccs3)c3sc(C)nc23)cc1. The number of nitrogens with one attached hydrogen (secondary N) is 1. The molecule has 0 bridgehead atoms. The highest BCUT2D eigenvalue weighted by atomic mass is 32.2. The Kier molecular flexibility index (Phi) is 5.70. The highest BCUT2D eigenvalue weighted by molar-refractivity contribution is 8.00. The molecule has 1 amide bonds. The van der Waals surface area contributed by atoms with Crippen molar-refractivity contribution in [2.45, 2.75) is 25.4 Å². The summed E-state index contributed by atoms with van der Waals surface area (Å²) in [6.07, 6.45) is 0. The molecule has 5 nitrogen and oxygen atoms in total. The third-order valence-corrected chi connectivity index (χ3v) is 6.91. The Hall–Kier alpha value is -2.29. The van der Waals surface area contributed by atoms with Gasteiger partial charge in [-0.1, -0.05) is 47.7 Å². The number of aryl methyl sites for hydroxylation is 2. The van der Waals surface area contributed by atoms with E-state index in [9.17, 15) is 4.79 Å². The molecule has 28 heavy (non-hydrogen) atoms. The minimum Gasteiger partial charge on any atom is -0.351 e. The normalized spacial score (nSPS) is 11.1. The summed E-state index contributed by atoms with van der Waals surface area (Å²) >= 11 is 4.63. The molecule has 0 aliphatic heterocycles. The first-order chi connectivity index (χ1) is 13.6. The van der Waals surface area contributed by atoms with E-state index in [1.165, 1.54) is 17.3 Å². The third kappa shape index (κ3) is 4.24. The van der Waals surface area contributed by atoms with E-state index in [2.05, 4.69) is 20.5 Å². The molecule has 0 aliphatic rings. The summed E-state index contributed by atoms with van der Waals surface area (Å²) in [5.41, 5.74) is 3.99. The van der Waals surface area contributed by atoms with Crippen LogP contribution in [0.2, 0.25) is 0 Å². The largest absolute Gasteiger partial charge is 0.351 e. The monoisotopic (exact) mass is 426 g/mol. The Morgan fingerprint density at radius 1 is 1.14 bits per heavy atom. The maximum atomic E-state index is 12.3. The predicted octanol–water partition coefficient (Wildman–Crippen LogP) is 4.84. The molecule has 0 unspecified atom stereocenters. The number of hydrogen-bond donors (Lipinski definition) is 1. The van der Waals surface area contributed by atoms with Crippen LogP contribution in [0.15, 0.2) is 46.8 Å². The quantitative estimate of drug-likeness (QED) is 0.447. The topological polar surface area (TPSA) is 67.8 Å². The minimum atomic E-state index is -0.0326. The maximum absolute atomic E-state index is 12.3. The number of benzene rings is 1. The van der Waals surface area contributed by atoms with Crippen molar-refractivity contribution in [2.24, 2.45) is 0 Å². The van der Waals surface area contributed by atoms with E-state index < -0.39 is 0 Å². The second-order valence-electron chi connectivity index (χ2n) is 6.29. The molecule has 4 aromatic rings. The lowest BCUT2D eigenvalue weighted by atomic mass is 10.1. The zero-order valence-electron chi connectivity index (χ0n) is 15.4. The summed E-state index contributed by atoms with van der Waals surface area (Å²) in [6, 6.07) is 12.2. The molecule has 0 fully saturated rings. The average Bonchev–Trinajstić information content (AvgIpc) is 3.35. The van der Waals surface area contributed by atoms with E-state index in [1.807, 2.05) is 55.6 Å². The number of thioether (sulfide) groups is 1. The van der Waals surface area contributed by atoms with Gasteiger partial charge in [0, 0.05) is 6.54 Å². The average molecular weight is 427 g/mol. The molecule has 4 rings (SSSR count). The molecule has 0 atom stereocenters. The van der Waals surface area contributed by atoms with Crippen molar-refractivity contribution in [1.82, 2.24) is 20.5 Å². The number of amides is 1. The summed E-state index contributed by atoms with van der Waals surface area (Å²) in [7, 11) is 0. The zero-order valence-corrected chi connectivity index (χ0v) is 17.9. The Balaban J connectivity index is 1.45. The third-order valence-electron chi connectivity index (χ3n) is 4.10. The van der Waals surface area contributed by atoms with Crippen LogP contribution < -0.4 is 5.32 Å². The van der Waals surface area contributed by atoms with E-state index in [4.69, 9.17) is 0 Å². The fourth-order valence-corrected chi connectivity index (χ4v) is 5.20. The van der Waals surface area contributed by atoms with Crippen molar-refractivity contribution in [1.29, 1.82) is 0 Å². The zero-order chi connectivity index (χ0) is 19.5. The first kappa shape index (κ1) is 19.0. The van der Waals surface area contributed by atoms with Crippen molar-refractivity contribution >= 4 is 50.6 Å². The number of carbonyl (C=O) groups is 1. The van der Waals surface area contributed by atoms with Gasteiger partial charge in [0.25, 0.3) is 0 Å². The van der Waals surface area contributed by atoms with Crippen molar-refractivity contribution in [3.8, 4) is 10.6 Å². The van der Waals surface area contributed by atoms with Crippen molar-refractivity contribution in [2.75, 3.05) is 5.75 Å². The molecule has 8 heteroatoms. The predicted molar refractivity (Wildman–Crippen MR) is 117 cm³/mol. The van der Waals surface area contributed by atoms with E-state index in [1.54, 1.807) is 22.7 Å². The summed E-state index contributed by atoms with van der Waals surface area (Å²) in [5.74, 6) is 0.250. The molecule has 1 N–H and O–H groups in total. The number of rotatable bonds is 6. The Morgan fingerprint density at radius 3 is 2.71 bits per heavy atom. The summed E-state index contributed by atoms with van der Waals surface area (Å²) in [6.45, 7) is 4.55. The summed E-state index contributed by atoms with van der Waals surface area (Å²) in [4.78, 5) is 18.0. The van der Waals surface area contributed by atoms with Crippen LogP contribution >= 0.6 is 34.4 Å². The van der Waals surface area contributed by atoms with Crippen LogP contribution in [-0.4, -0.2) is 26.8 Å². The number of thiazole rings is 1. The van der Waals surface area contributed by atoms with Crippen LogP contribution in [0.3, 0.4) is 0 Å². The van der Waals surface area contributed by atoms with Crippen molar-refractivity contribution in [3.63, 3.8) is 0 Å². The first-order valence-corrected chi connectivity index (χ1v) is 11.4. The van der Waals surface area contributed by atoms with Crippen molar-refractivity contribution in [3.05, 3.63) is 57.9 Å². The second kappa shape index (κ2) is 8.38. The van der Waals surface area contributed by atoms with Crippen LogP contribution in [-0.2, 0) is 11.3 Å². The van der Waals surface area contributed by atoms with E-state index in [0.29, 0.717) is 11.6 Å². The van der Waals surface area contributed by atoms with Gasteiger partial charge in [-0.25, -0.2) is 4.98 Å². The van der Waals surface area contributed by atoms with E-state index in [0.717, 1.165) is 31.4 Å². The van der Waals surface area contributed by atoms with Gasteiger partial charge in [-0.3, -0.25) is 4.79 Å². The fraction of sp³-hybridized carbons (Fsp3) is 0.200. The molecular formula is C20H18N4OS3. The number of nitrogens with zero attached hydrogens (tertiary/aromatic N) is 3. The Bertz CT molecular complexity index is 1100. The molecule has 3 heterocycles. The Labute approximate surface area is 175 Å². The van der Waals surface area contributed by atoms with Gasteiger partial charge < -0.3 is 5.32 Å². The van der Waals surface area contributed by atoms with Gasteiger partial charge in [0.1, 0.15) is 16.2 Å². The van der Waals surface area contributed by atoms with Gasteiger partial charge in [0.2, 0.25) is 5.91 Å². The Morgan fingerprint density at radius 2 is 1.96 bits per heavy atom. The highest BCUT2D eigenvalue weighted by Gasteiger charge is 2.17. The molecule has 142 valence electrons. The molecular weight excluding hydrogens is 408 g/mol. The van der Waals surface area contributed by atoms with Crippen LogP contribution in [0, 0.1) is 13.8 Å². The van der Waals surface area contributed by atoms with Gasteiger partial charge in [-0.05, 0) is 30.9 Å². The molecule has 1 aromatic carbocycles. The number of thiophene rings is 1. The van der Waals surface area contributed by atoms with Gasteiger partial charge in [0.05, 0.1) is 20.3 Å². The van der Waals surface area contributed by atoms with Crippen LogP contribution in [0.4, 0.5) is 0 Å². The van der Waals surface area contributed by atoms with Crippen LogP contribution in [0.1, 0.15) is 16.1 Å². The van der Waals surface area contributed by atoms with Gasteiger partial charge in [-0.2, -0.15) is 0 Å². The van der Waals surface area contributed by atoms with Crippen molar-refractivity contribution < 1.29 is 4.79 Å². The maximum Gasteiger partial charge on any atom is 0.230 e. The van der Waals surface area contributed by atoms with Crippen LogP contribution in [0.5, 0.6) is 0 Å². The minimum absolute atomic E-state index is 0.0326. The van der Waals surface area contributed by atoms with Crippen LogP contribution in [0.25, 0.3) is 20.8 Å². The lowest BCUT2D eigenvalue weighted by molar-refractivity contribution is -0.118. The molecule has 0 saturated heterocycles. The van der Waals surface area contributed by atoms with Gasteiger partial charge >= 0.3 is 0 Å². The van der Waals surface area contributed by atoms with E-state index >= 15 is 0 Å². The number of hydrogen-bond acceptors (Lipinski definition) is 7. The summed E-state index contributed by atoms with van der Waals surface area (Å²) in [5, 5.41) is 15.4. The second-order valence-corrected chi connectivity index (χ2v) is 9.41. The number of fused-ring (bicyclic) bond motifs is 1. The highest BCUT2D eigenvalue weighted by Crippen LogP contribution is 2.36. The van der Waals surface area contributed by atoms with Gasteiger partial charge in [-0.15, -0.1) is 32.9 Å².